The van der Waals surface area contributed by atoms with E-state index in [-0.39, 0.29) is 0 Å². The first-order chi connectivity index (χ1) is 6.74. The summed E-state index contributed by atoms with van der Waals surface area (Å²) >= 11 is 0. The zero-order valence-corrected chi connectivity index (χ0v) is 9.81. The molecule has 1 aliphatic carbocycles. The van der Waals surface area contributed by atoms with Crippen molar-refractivity contribution in [3.8, 4) is 0 Å². The van der Waals surface area contributed by atoms with E-state index >= 15 is 0 Å². The number of rotatable bonds is 5. The van der Waals surface area contributed by atoms with Crippen LogP contribution >= 0.6 is 0 Å². The van der Waals surface area contributed by atoms with Crippen LogP contribution in [0.3, 0.4) is 0 Å². The van der Waals surface area contributed by atoms with E-state index in [0.29, 0.717) is 6.04 Å². The molecular formula is C13H25N. The molecule has 0 bridgehead atoms. The summed E-state index contributed by atoms with van der Waals surface area (Å²) in [5.74, 6) is 0.903. The van der Waals surface area contributed by atoms with Gasteiger partial charge in [-0.1, -0.05) is 31.8 Å². The normalized spacial score (nSPS) is 20.7. The summed E-state index contributed by atoms with van der Waals surface area (Å²) in [6.07, 6.45) is 8.32. The van der Waals surface area contributed by atoms with Crippen molar-refractivity contribution in [1.29, 1.82) is 0 Å². The summed E-state index contributed by atoms with van der Waals surface area (Å²) in [4.78, 5) is 0. The fraction of sp³-hybridized carbons (Fsp3) is 0.846. The molecule has 82 valence electrons. The number of hydrogen-bond acceptors (Lipinski definition) is 1. The lowest BCUT2D eigenvalue weighted by molar-refractivity contribution is 0.269. The number of nitrogens with one attached hydrogen (secondary N) is 1. The van der Waals surface area contributed by atoms with Crippen LogP contribution < -0.4 is 5.32 Å². The second-order valence-corrected chi connectivity index (χ2v) is 4.72. The van der Waals surface area contributed by atoms with Gasteiger partial charge in [0.1, 0.15) is 0 Å². The van der Waals surface area contributed by atoms with Crippen molar-refractivity contribution in [3.63, 3.8) is 0 Å². The van der Waals surface area contributed by atoms with Gasteiger partial charge in [-0.15, -0.1) is 6.58 Å². The third kappa shape index (κ3) is 3.83. The SMILES string of the molecule is C=C(C)CC(NCC)C1CCCCC1. The fourth-order valence-corrected chi connectivity index (χ4v) is 2.58. The minimum atomic E-state index is 0.692. The molecule has 0 spiro atoms. The van der Waals surface area contributed by atoms with Crippen molar-refractivity contribution in [2.75, 3.05) is 6.54 Å². The van der Waals surface area contributed by atoms with Gasteiger partial charge in [-0.25, -0.2) is 0 Å². The Kier molecular flexibility index (Phi) is 5.24. The van der Waals surface area contributed by atoms with E-state index in [4.69, 9.17) is 0 Å². The third-order valence-electron chi connectivity index (χ3n) is 3.25. The Morgan fingerprint density at radius 2 is 2.00 bits per heavy atom. The van der Waals surface area contributed by atoms with Crippen molar-refractivity contribution < 1.29 is 0 Å². The molecule has 1 unspecified atom stereocenters. The minimum Gasteiger partial charge on any atom is -0.314 e. The Balaban J connectivity index is 2.42. The molecule has 1 N–H and O–H groups in total. The maximum atomic E-state index is 4.03. The van der Waals surface area contributed by atoms with Crippen molar-refractivity contribution >= 4 is 0 Å². The van der Waals surface area contributed by atoms with Crippen LogP contribution in [0.15, 0.2) is 12.2 Å². The molecule has 0 aliphatic heterocycles. The van der Waals surface area contributed by atoms with Crippen molar-refractivity contribution in [2.24, 2.45) is 5.92 Å². The van der Waals surface area contributed by atoms with Gasteiger partial charge in [0.2, 0.25) is 0 Å². The summed E-state index contributed by atoms with van der Waals surface area (Å²) in [5, 5.41) is 3.62. The molecule has 0 aromatic carbocycles. The summed E-state index contributed by atoms with van der Waals surface area (Å²) in [5.41, 5.74) is 1.32. The van der Waals surface area contributed by atoms with Crippen LogP contribution in [0.1, 0.15) is 52.4 Å². The van der Waals surface area contributed by atoms with E-state index in [0.717, 1.165) is 12.5 Å². The monoisotopic (exact) mass is 195 g/mol. The molecule has 0 aromatic rings. The topological polar surface area (TPSA) is 12.0 Å². The number of hydrogen-bond donors (Lipinski definition) is 1. The van der Waals surface area contributed by atoms with Crippen molar-refractivity contribution in [1.82, 2.24) is 5.32 Å². The van der Waals surface area contributed by atoms with Crippen molar-refractivity contribution in [2.45, 2.75) is 58.4 Å². The predicted molar refractivity (Wildman–Crippen MR) is 63.5 cm³/mol. The van der Waals surface area contributed by atoms with E-state index in [2.05, 4.69) is 25.7 Å². The van der Waals surface area contributed by atoms with E-state index in [1.165, 1.54) is 44.1 Å². The molecule has 1 rings (SSSR count). The zero-order chi connectivity index (χ0) is 10.4. The Morgan fingerprint density at radius 3 is 2.50 bits per heavy atom. The van der Waals surface area contributed by atoms with Gasteiger partial charge >= 0.3 is 0 Å². The minimum absolute atomic E-state index is 0.692. The summed E-state index contributed by atoms with van der Waals surface area (Å²) < 4.78 is 0. The molecule has 0 saturated heterocycles. The van der Waals surface area contributed by atoms with Gasteiger partial charge in [0.15, 0.2) is 0 Å². The van der Waals surface area contributed by atoms with Crippen LogP contribution in [0.2, 0.25) is 0 Å². The molecular weight excluding hydrogens is 170 g/mol. The van der Waals surface area contributed by atoms with E-state index < -0.39 is 0 Å². The smallest absolute Gasteiger partial charge is 0.0132 e. The largest absolute Gasteiger partial charge is 0.314 e. The van der Waals surface area contributed by atoms with Gasteiger partial charge in [-0.2, -0.15) is 0 Å². The lowest BCUT2D eigenvalue weighted by Gasteiger charge is -2.31. The zero-order valence-electron chi connectivity index (χ0n) is 9.81. The maximum absolute atomic E-state index is 4.03. The highest BCUT2D eigenvalue weighted by atomic mass is 14.9. The standard InChI is InChI=1S/C13H25N/c1-4-14-13(10-11(2)3)12-8-6-5-7-9-12/h12-14H,2,4-10H2,1,3H3. The first-order valence-electron chi connectivity index (χ1n) is 6.11. The van der Waals surface area contributed by atoms with Crippen LogP contribution in [-0.2, 0) is 0 Å². The summed E-state index contributed by atoms with van der Waals surface area (Å²) in [6, 6.07) is 0.692. The Labute approximate surface area is 89.0 Å². The first-order valence-corrected chi connectivity index (χ1v) is 6.11. The maximum Gasteiger partial charge on any atom is 0.0132 e. The van der Waals surface area contributed by atoms with Gasteiger partial charge in [0.25, 0.3) is 0 Å². The summed E-state index contributed by atoms with van der Waals surface area (Å²) in [6.45, 7) is 9.47. The second-order valence-electron chi connectivity index (χ2n) is 4.72. The molecule has 14 heavy (non-hydrogen) atoms. The average Bonchev–Trinajstić information content (AvgIpc) is 2.18. The highest BCUT2D eigenvalue weighted by molar-refractivity contribution is 4.95. The van der Waals surface area contributed by atoms with Gasteiger partial charge in [-0.3, -0.25) is 0 Å². The molecule has 0 radical (unpaired) electrons. The van der Waals surface area contributed by atoms with Crippen LogP contribution in [0.4, 0.5) is 0 Å². The van der Waals surface area contributed by atoms with E-state index in [1.807, 2.05) is 0 Å². The summed E-state index contributed by atoms with van der Waals surface area (Å²) in [7, 11) is 0. The Morgan fingerprint density at radius 1 is 1.36 bits per heavy atom. The Hall–Kier alpha value is -0.300. The van der Waals surface area contributed by atoms with Gasteiger partial charge in [-0.05, 0) is 38.6 Å². The highest BCUT2D eigenvalue weighted by Gasteiger charge is 2.22. The highest BCUT2D eigenvalue weighted by Crippen LogP contribution is 2.28. The Bertz CT molecular complexity index is 168. The molecule has 0 amide bonds. The average molecular weight is 195 g/mol. The van der Waals surface area contributed by atoms with Crippen LogP contribution in [0.25, 0.3) is 0 Å². The quantitative estimate of drug-likeness (QED) is 0.662. The van der Waals surface area contributed by atoms with E-state index in [9.17, 15) is 0 Å². The molecule has 1 nitrogen and oxygen atoms in total. The second kappa shape index (κ2) is 6.23. The molecule has 1 heteroatoms. The fourth-order valence-electron chi connectivity index (χ4n) is 2.58. The van der Waals surface area contributed by atoms with Gasteiger partial charge < -0.3 is 5.32 Å². The first kappa shape index (κ1) is 11.8. The molecule has 0 heterocycles. The lowest BCUT2D eigenvalue weighted by Crippen LogP contribution is -2.37. The van der Waals surface area contributed by atoms with Gasteiger partial charge in [0, 0.05) is 6.04 Å². The molecule has 1 aliphatic rings. The lowest BCUT2D eigenvalue weighted by atomic mass is 9.82. The molecule has 1 atom stereocenters. The van der Waals surface area contributed by atoms with Crippen LogP contribution in [-0.4, -0.2) is 12.6 Å². The van der Waals surface area contributed by atoms with Crippen molar-refractivity contribution in [3.05, 3.63) is 12.2 Å². The van der Waals surface area contributed by atoms with E-state index in [1.54, 1.807) is 0 Å². The molecule has 0 aromatic heterocycles. The van der Waals surface area contributed by atoms with Crippen LogP contribution in [0, 0.1) is 5.92 Å². The predicted octanol–water partition coefficient (Wildman–Crippen LogP) is 3.51. The van der Waals surface area contributed by atoms with Crippen LogP contribution in [0.5, 0.6) is 0 Å². The molecule has 1 saturated carbocycles. The van der Waals surface area contributed by atoms with Gasteiger partial charge in [0.05, 0.1) is 0 Å². The molecule has 1 fully saturated rings. The third-order valence-corrected chi connectivity index (χ3v) is 3.25.